The summed E-state index contributed by atoms with van der Waals surface area (Å²) in [5.41, 5.74) is 10.3. The number of rotatable bonds is 4. The van der Waals surface area contributed by atoms with Gasteiger partial charge in [0.2, 0.25) is 0 Å². The first-order valence-corrected chi connectivity index (χ1v) is 17.7. The van der Waals surface area contributed by atoms with Crippen molar-refractivity contribution in [2.45, 2.75) is 37.5 Å². The van der Waals surface area contributed by atoms with Gasteiger partial charge in [-0.25, -0.2) is 0 Å². The molecule has 0 unspecified atom stereocenters. The Bertz CT molecular complexity index is 2220. The molecule has 4 heteroatoms. The van der Waals surface area contributed by atoms with Crippen LogP contribution in [0.25, 0.3) is 55.0 Å². The Balaban J connectivity index is 1.07. The molecule has 0 radical (unpaired) electrons. The molecule has 4 aliphatic carbocycles. The molecule has 0 atom stereocenters. The van der Waals surface area contributed by atoms with Gasteiger partial charge in [-0.15, -0.1) is 0 Å². The van der Waals surface area contributed by atoms with Gasteiger partial charge in [-0.2, -0.15) is 0 Å². The molecule has 0 N–H and O–H groups in total. The number of fused-ring (bicyclic) bond motifs is 6. The van der Waals surface area contributed by atoms with Gasteiger partial charge in [0.15, 0.2) is 0 Å². The maximum absolute atomic E-state index is 4.46. The molecule has 8 aromatic rings. The number of nitrogens with zero attached hydrogens (tertiary/aromatic N) is 4. The second-order valence-corrected chi connectivity index (χ2v) is 14.8. The summed E-state index contributed by atoms with van der Waals surface area (Å²) in [5.74, 6) is 3.17. The standard InChI is InChI=1S/C44H36N4/c1-3-7-40-36(5-1)38-26-45-19-17-42(38)47(40)34-13-9-30(10-14-34)44(32-22-28-21-29(24-32)25-33(44)23-28)31-11-15-35(16-12-31)48-41-8-4-2-6-37(41)39-27-46-20-18-43(39)48/h1-20,26-29,32-33H,21-25H2. The number of hydrogen-bond acceptors (Lipinski definition) is 2. The quantitative estimate of drug-likeness (QED) is 0.196. The fraction of sp³-hybridized carbons (Fsp3) is 0.227. The van der Waals surface area contributed by atoms with E-state index in [4.69, 9.17) is 0 Å². The van der Waals surface area contributed by atoms with Crippen molar-refractivity contribution in [2.24, 2.45) is 23.7 Å². The van der Waals surface area contributed by atoms with Crippen LogP contribution in [0.3, 0.4) is 0 Å². The fourth-order valence-electron chi connectivity index (χ4n) is 11.0. The maximum Gasteiger partial charge on any atom is 0.0571 e. The summed E-state index contributed by atoms with van der Waals surface area (Å²) in [6.07, 6.45) is 14.7. The fourth-order valence-corrected chi connectivity index (χ4v) is 11.0. The van der Waals surface area contributed by atoms with Crippen molar-refractivity contribution < 1.29 is 0 Å². The van der Waals surface area contributed by atoms with E-state index >= 15 is 0 Å². The molecule has 0 aliphatic heterocycles. The van der Waals surface area contributed by atoms with Crippen molar-refractivity contribution in [1.29, 1.82) is 0 Å². The van der Waals surface area contributed by atoms with Crippen LogP contribution in [0.15, 0.2) is 134 Å². The van der Waals surface area contributed by atoms with E-state index in [0.29, 0.717) is 11.8 Å². The summed E-state index contributed by atoms with van der Waals surface area (Å²) < 4.78 is 4.82. The summed E-state index contributed by atoms with van der Waals surface area (Å²) in [5, 5.41) is 4.91. The second kappa shape index (κ2) is 9.90. The van der Waals surface area contributed by atoms with Gasteiger partial charge in [0.25, 0.3) is 0 Å². The molecule has 48 heavy (non-hydrogen) atoms. The van der Waals surface area contributed by atoms with Crippen LogP contribution in [0, 0.1) is 23.7 Å². The summed E-state index contributed by atoms with van der Waals surface area (Å²) >= 11 is 0. The summed E-state index contributed by atoms with van der Waals surface area (Å²) in [6, 6.07) is 41.2. The second-order valence-electron chi connectivity index (χ2n) is 14.8. The number of benzene rings is 4. The van der Waals surface area contributed by atoms with Crippen LogP contribution in [-0.4, -0.2) is 19.1 Å². The molecule has 232 valence electrons. The highest BCUT2D eigenvalue weighted by Gasteiger charge is 2.58. The van der Waals surface area contributed by atoms with Crippen LogP contribution >= 0.6 is 0 Å². The molecule has 0 amide bonds. The molecule has 0 spiro atoms. The molecule has 4 aliphatic rings. The molecular weight excluding hydrogens is 585 g/mol. The maximum atomic E-state index is 4.46. The Morgan fingerprint density at radius 3 is 1.31 bits per heavy atom. The van der Waals surface area contributed by atoms with Gasteiger partial charge in [0.05, 0.1) is 22.1 Å². The third-order valence-electron chi connectivity index (χ3n) is 12.6. The average Bonchev–Trinajstić information content (AvgIpc) is 3.65. The largest absolute Gasteiger partial charge is 0.309 e. The monoisotopic (exact) mass is 620 g/mol. The number of aromatic nitrogens is 4. The topological polar surface area (TPSA) is 35.6 Å². The zero-order valence-corrected chi connectivity index (χ0v) is 26.8. The highest BCUT2D eigenvalue weighted by molar-refractivity contribution is 6.09. The predicted octanol–water partition coefficient (Wildman–Crippen LogP) is 10.4. The van der Waals surface area contributed by atoms with Gasteiger partial charge in [-0.05, 0) is 115 Å². The van der Waals surface area contributed by atoms with Crippen molar-refractivity contribution in [3.8, 4) is 11.4 Å². The molecule has 4 heterocycles. The van der Waals surface area contributed by atoms with E-state index in [9.17, 15) is 0 Å². The first-order valence-electron chi connectivity index (χ1n) is 17.7. The van der Waals surface area contributed by atoms with Crippen molar-refractivity contribution in [3.05, 3.63) is 145 Å². The Morgan fingerprint density at radius 2 is 0.854 bits per heavy atom. The van der Waals surface area contributed by atoms with E-state index < -0.39 is 0 Å². The highest BCUT2D eigenvalue weighted by atomic mass is 15.0. The van der Waals surface area contributed by atoms with Gasteiger partial charge in [-0.3, -0.25) is 9.97 Å². The first kappa shape index (κ1) is 26.8. The minimum Gasteiger partial charge on any atom is -0.309 e. The van der Waals surface area contributed by atoms with E-state index in [-0.39, 0.29) is 5.41 Å². The minimum atomic E-state index is 0.0416. The van der Waals surface area contributed by atoms with E-state index in [1.165, 1.54) is 98.2 Å². The van der Waals surface area contributed by atoms with Crippen molar-refractivity contribution in [2.75, 3.05) is 0 Å². The molecule has 12 rings (SSSR count). The molecule has 4 nitrogen and oxygen atoms in total. The molecule has 0 saturated heterocycles. The summed E-state index contributed by atoms with van der Waals surface area (Å²) in [6.45, 7) is 0. The lowest BCUT2D eigenvalue weighted by Gasteiger charge is -2.62. The van der Waals surface area contributed by atoms with Crippen LogP contribution in [-0.2, 0) is 5.41 Å². The van der Waals surface area contributed by atoms with Crippen molar-refractivity contribution in [3.63, 3.8) is 0 Å². The SMILES string of the molecule is c1ccc2c(c1)c1cnccc1n2-c1ccc(C2(c3ccc(-n4c5ccccc5c5cnccc54)cc3)C3CC4CC(C3)CC2C4)cc1. The highest BCUT2D eigenvalue weighted by Crippen LogP contribution is 2.65. The average molecular weight is 621 g/mol. The van der Waals surface area contributed by atoms with Crippen LogP contribution in [0.1, 0.15) is 43.2 Å². The molecule has 4 saturated carbocycles. The van der Waals surface area contributed by atoms with Gasteiger partial charge >= 0.3 is 0 Å². The summed E-state index contributed by atoms with van der Waals surface area (Å²) in [7, 11) is 0. The Kier molecular flexibility index (Phi) is 5.53. The molecule has 4 aromatic carbocycles. The lowest BCUT2D eigenvalue weighted by molar-refractivity contribution is -0.0418. The molecular formula is C44H36N4. The number of para-hydroxylation sites is 2. The number of pyridine rings is 2. The molecule has 4 aromatic heterocycles. The third-order valence-corrected chi connectivity index (χ3v) is 12.6. The minimum absolute atomic E-state index is 0.0416. The normalized spacial score (nSPS) is 22.8. The van der Waals surface area contributed by atoms with E-state index in [0.717, 1.165) is 11.8 Å². The van der Waals surface area contributed by atoms with Crippen LogP contribution in [0.2, 0.25) is 0 Å². The third kappa shape index (κ3) is 3.55. The predicted molar refractivity (Wildman–Crippen MR) is 195 cm³/mol. The van der Waals surface area contributed by atoms with E-state index in [1.807, 2.05) is 24.8 Å². The van der Waals surface area contributed by atoms with Gasteiger partial charge < -0.3 is 9.13 Å². The van der Waals surface area contributed by atoms with E-state index in [1.54, 1.807) is 0 Å². The molecule has 4 bridgehead atoms. The van der Waals surface area contributed by atoms with Crippen molar-refractivity contribution in [1.82, 2.24) is 19.1 Å². The van der Waals surface area contributed by atoms with Crippen LogP contribution in [0.4, 0.5) is 0 Å². The van der Waals surface area contributed by atoms with Gasteiger partial charge in [0, 0.05) is 63.1 Å². The lowest BCUT2D eigenvalue weighted by Crippen LogP contribution is -2.56. The first-order chi connectivity index (χ1) is 23.8. The van der Waals surface area contributed by atoms with E-state index in [2.05, 4.69) is 128 Å². The zero-order chi connectivity index (χ0) is 31.4. The summed E-state index contributed by atoms with van der Waals surface area (Å²) in [4.78, 5) is 8.93. The van der Waals surface area contributed by atoms with Gasteiger partial charge in [-0.1, -0.05) is 60.7 Å². The smallest absolute Gasteiger partial charge is 0.0571 e. The van der Waals surface area contributed by atoms with Gasteiger partial charge in [0.1, 0.15) is 0 Å². The molecule has 4 fully saturated rings. The van der Waals surface area contributed by atoms with Crippen molar-refractivity contribution >= 4 is 43.6 Å². The zero-order valence-electron chi connectivity index (χ0n) is 26.8. The Labute approximate surface area is 279 Å². The lowest BCUT2D eigenvalue weighted by atomic mass is 9.42. The van der Waals surface area contributed by atoms with Crippen LogP contribution in [0.5, 0.6) is 0 Å². The Hall–Kier alpha value is -5.22. The van der Waals surface area contributed by atoms with Crippen LogP contribution < -0.4 is 0 Å². The number of hydrogen-bond donors (Lipinski definition) is 0. The Morgan fingerprint density at radius 1 is 0.438 bits per heavy atom.